The van der Waals surface area contributed by atoms with Gasteiger partial charge >= 0.3 is 0 Å². The number of aryl methyl sites for hydroxylation is 1. The van der Waals surface area contributed by atoms with E-state index < -0.39 is 0 Å². The summed E-state index contributed by atoms with van der Waals surface area (Å²) in [5, 5.41) is 0.578. The highest BCUT2D eigenvalue weighted by Gasteiger charge is 2.17. The van der Waals surface area contributed by atoms with Crippen molar-refractivity contribution >= 4 is 27.3 Å². The Morgan fingerprint density at radius 3 is 2.50 bits per heavy atom. The summed E-state index contributed by atoms with van der Waals surface area (Å²) < 4.78 is 6.49. The predicted octanol–water partition coefficient (Wildman–Crippen LogP) is 4.32. The quantitative estimate of drug-likeness (QED) is 0.476. The SMILES string of the molecule is COc1ccc(C(=O)Cn2cnc3sc(-c4ccccc4)c(C)c3c2=O)cc1. The number of carbonyl (C=O) groups excluding carboxylic acids is 1. The molecule has 0 saturated carbocycles. The Hall–Kier alpha value is -3.25. The number of methoxy groups -OCH3 is 1. The fraction of sp³-hybridized carbons (Fsp3) is 0.136. The summed E-state index contributed by atoms with van der Waals surface area (Å²) in [7, 11) is 1.57. The lowest BCUT2D eigenvalue weighted by Gasteiger charge is -2.06. The molecule has 0 saturated heterocycles. The molecule has 0 fully saturated rings. The maximum atomic E-state index is 13.0. The summed E-state index contributed by atoms with van der Waals surface area (Å²) in [6.07, 6.45) is 1.46. The van der Waals surface area contributed by atoms with E-state index in [-0.39, 0.29) is 17.9 Å². The molecule has 0 aliphatic carbocycles. The average molecular weight is 390 g/mol. The molecular formula is C22H18N2O3S. The lowest BCUT2D eigenvalue weighted by molar-refractivity contribution is 0.0970. The van der Waals surface area contributed by atoms with E-state index in [4.69, 9.17) is 4.74 Å². The minimum atomic E-state index is -0.192. The number of ketones is 1. The van der Waals surface area contributed by atoms with Crippen LogP contribution in [0.1, 0.15) is 15.9 Å². The number of hydrogen-bond donors (Lipinski definition) is 0. The van der Waals surface area contributed by atoms with E-state index in [1.54, 1.807) is 31.4 Å². The van der Waals surface area contributed by atoms with Crippen LogP contribution in [0.4, 0.5) is 0 Å². The van der Waals surface area contributed by atoms with Crippen LogP contribution in [0.3, 0.4) is 0 Å². The standard InChI is InChI=1S/C22H18N2O3S/c1-14-19-21(28-20(14)16-6-4-3-5-7-16)23-13-24(22(19)26)12-18(25)15-8-10-17(27-2)11-9-15/h3-11,13H,12H2,1-2H3. The van der Waals surface area contributed by atoms with Crippen molar-refractivity contribution in [2.24, 2.45) is 0 Å². The zero-order valence-corrected chi connectivity index (χ0v) is 16.3. The predicted molar refractivity (Wildman–Crippen MR) is 111 cm³/mol. The first-order chi connectivity index (χ1) is 13.6. The average Bonchev–Trinajstić information content (AvgIpc) is 3.08. The zero-order chi connectivity index (χ0) is 19.7. The maximum absolute atomic E-state index is 13.0. The summed E-state index contributed by atoms with van der Waals surface area (Å²) in [5.74, 6) is 0.529. The number of nitrogens with zero attached hydrogens (tertiary/aromatic N) is 2. The second-order valence-corrected chi connectivity index (χ2v) is 7.43. The van der Waals surface area contributed by atoms with Gasteiger partial charge in [-0.05, 0) is 42.3 Å². The molecule has 0 N–H and O–H groups in total. The summed E-state index contributed by atoms with van der Waals surface area (Å²) in [6, 6.07) is 16.8. The van der Waals surface area contributed by atoms with Crippen molar-refractivity contribution in [2.45, 2.75) is 13.5 Å². The molecule has 0 spiro atoms. The Balaban J connectivity index is 1.70. The molecule has 2 heterocycles. The van der Waals surface area contributed by atoms with E-state index in [1.165, 1.54) is 22.2 Å². The van der Waals surface area contributed by atoms with Gasteiger partial charge in [-0.3, -0.25) is 14.2 Å². The molecule has 2 aromatic carbocycles. The largest absolute Gasteiger partial charge is 0.497 e. The Morgan fingerprint density at radius 2 is 1.82 bits per heavy atom. The molecule has 0 radical (unpaired) electrons. The first-order valence-electron chi connectivity index (χ1n) is 8.79. The van der Waals surface area contributed by atoms with Crippen molar-refractivity contribution < 1.29 is 9.53 Å². The van der Waals surface area contributed by atoms with E-state index in [1.807, 2.05) is 37.3 Å². The van der Waals surface area contributed by atoms with Gasteiger partial charge in [-0.2, -0.15) is 0 Å². The topological polar surface area (TPSA) is 61.2 Å². The molecule has 2 aromatic heterocycles. The van der Waals surface area contributed by atoms with Crippen LogP contribution in [0.5, 0.6) is 5.75 Å². The highest BCUT2D eigenvalue weighted by atomic mass is 32.1. The van der Waals surface area contributed by atoms with Crippen LogP contribution in [0, 0.1) is 6.92 Å². The molecule has 28 heavy (non-hydrogen) atoms. The van der Waals surface area contributed by atoms with Crippen molar-refractivity contribution in [3.05, 3.63) is 82.4 Å². The molecule has 140 valence electrons. The van der Waals surface area contributed by atoms with Gasteiger partial charge in [0.25, 0.3) is 5.56 Å². The third kappa shape index (κ3) is 3.23. The van der Waals surface area contributed by atoms with E-state index in [0.29, 0.717) is 21.5 Å². The minimum Gasteiger partial charge on any atom is -0.497 e. The maximum Gasteiger partial charge on any atom is 0.262 e. The molecule has 0 unspecified atom stereocenters. The first kappa shape index (κ1) is 18.1. The molecule has 5 nitrogen and oxygen atoms in total. The van der Waals surface area contributed by atoms with Crippen LogP contribution in [0.25, 0.3) is 20.7 Å². The fourth-order valence-electron chi connectivity index (χ4n) is 3.16. The second-order valence-electron chi connectivity index (χ2n) is 6.43. The van der Waals surface area contributed by atoms with E-state index in [9.17, 15) is 9.59 Å². The van der Waals surface area contributed by atoms with Crippen molar-refractivity contribution in [1.29, 1.82) is 0 Å². The van der Waals surface area contributed by atoms with Crippen molar-refractivity contribution in [1.82, 2.24) is 9.55 Å². The number of aromatic nitrogens is 2. The smallest absolute Gasteiger partial charge is 0.262 e. The Bertz CT molecular complexity index is 1210. The number of hydrogen-bond acceptors (Lipinski definition) is 5. The van der Waals surface area contributed by atoms with Crippen molar-refractivity contribution in [2.75, 3.05) is 7.11 Å². The van der Waals surface area contributed by atoms with Crippen LogP contribution >= 0.6 is 11.3 Å². The van der Waals surface area contributed by atoms with E-state index >= 15 is 0 Å². The lowest BCUT2D eigenvalue weighted by Crippen LogP contribution is -2.24. The third-order valence-electron chi connectivity index (χ3n) is 4.68. The number of benzene rings is 2. The summed E-state index contributed by atoms with van der Waals surface area (Å²) >= 11 is 1.50. The normalized spacial score (nSPS) is 10.9. The van der Waals surface area contributed by atoms with Crippen LogP contribution in [-0.4, -0.2) is 22.4 Å². The number of rotatable bonds is 5. The van der Waals surface area contributed by atoms with Crippen LogP contribution in [-0.2, 0) is 6.54 Å². The number of fused-ring (bicyclic) bond motifs is 1. The van der Waals surface area contributed by atoms with Gasteiger partial charge in [0.05, 0.1) is 25.4 Å². The van der Waals surface area contributed by atoms with Gasteiger partial charge in [-0.15, -0.1) is 11.3 Å². The monoisotopic (exact) mass is 390 g/mol. The zero-order valence-electron chi connectivity index (χ0n) is 15.5. The summed E-state index contributed by atoms with van der Waals surface area (Å²) in [6.45, 7) is 1.88. The van der Waals surface area contributed by atoms with Gasteiger partial charge in [0.2, 0.25) is 0 Å². The molecule has 0 atom stereocenters. The van der Waals surface area contributed by atoms with E-state index in [0.717, 1.165) is 16.0 Å². The van der Waals surface area contributed by atoms with Crippen molar-refractivity contribution in [3.63, 3.8) is 0 Å². The highest BCUT2D eigenvalue weighted by Crippen LogP contribution is 2.35. The molecule has 0 aliphatic heterocycles. The molecule has 6 heteroatoms. The summed E-state index contributed by atoms with van der Waals surface area (Å²) in [4.78, 5) is 31.8. The van der Waals surface area contributed by atoms with Gasteiger partial charge in [0.15, 0.2) is 5.78 Å². The highest BCUT2D eigenvalue weighted by molar-refractivity contribution is 7.22. The second kappa shape index (κ2) is 7.40. The van der Waals surface area contributed by atoms with Gasteiger partial charge in [0.1, 0.15) is 10.6 Å². The van der Waals surface area contributed by atoms with Gasteiger partial charge in [-0.25, -0.2) is 4.98 Å². The molecular weight excluding hydrogens is 372 g/mol. The summed E-state index contributed by atoms with van der Waals surface area (Å²) in [5.41, 5.74) is 2.29. The Morgan fingerprint density at radius 1 is 1.11 bits per heavy atom. The number of carbonyl (C=O) groups is 1. The van der Waals surface area contributed by atoms with Gasteiger partial charge in [0, 0.05) is 10.4 Å². The Kier molecular flexibility index (Phi) is 4.79. The van der Waals surface area contributed by atoms with Crippen LogP contribution < -0.4 is 10.3 Å². The lowest BCUT2D eigenvalue weighted by atomic mass is 10.1. The minimum absolute atomic E-state index is 0.0515. The fourth-order valence-corrected chi connectivity index (χ4v) is 4.30. The van der Waals surface area contributed by atoms with Crippen molar-refractivity contribution in [3.8, 4) is 16.2 Å². The van der Waals surface area contributed by atoms with Gasteiger partial charge < -0.3 is 4.74 Å². The molecule has 0 aliphatic rings. The molecule has 0 amide bonds. The number of thiophene rings is 1. The van der Waals surface area contributed by atoms with Gasteiger partial charge in [-0.1, -0.05) is 30.3 Å². The number of Topliss-reactive ketones (excluding diaryl/α,β-unsaturated/α-hetero) is 1. The number of ether oxygens (including phenoxy) is 1. The first-order valence-corrected chi connectivity index (χ1v) is 9.61. The third-order valence-corrected chi connectivity index (χ3v) is 5.93. The van der Waals surface area contributed by atoms with Crippen LogP contribution in [0.15, 0.2) is 65.7 Å². The molecule has 4 aromatic rings. The van der Waals surface area contributed by atoms with E-state index in [2.05, 4.69) is 4.98 Å². The Labute approximate surface area is 165 Å². The van der Waals surface area contributed by atoms with Crippen LogP contribution in [0.2, 0.25) is 0 Å². The molecule has 4 rings (SSSR count). The molecule has 0 bridgehead atoms.